The number of rotatable bonds is 10. The molecule has 2 saturated heterocycles. The number of likely N-dealkylation sites (tertiary alicyclic amines) is 1. The Kier molecular flexibility index (Phi) is 8.66. The average Bonchev–Trinajstić information content (AvgIpc) is 3.34. The molecule has 1 amide bonds. The number of ether oxygens (including phenoxy) is 2. The van der Waals surface area contributed by atoms with Crippen molar-refractivity contribution < 1.29 is 32.2 Å². The number of hydrogen-bond acceptors (Lipinski definition) is 9. The molecule has 2 aliphatic rings. The summed E-state index contributed by atoms with van der Waals surface area (Å²) in [5.41, 5.74) is 2.73. The van der Waals surface area contributed by atoms with Gasteiger partial charge < -0.3 is 19.1 Å². The number of fused-ring (bicyclic) bond motifs is 1. The monoisotopic (exact) mass is 634 g/mol. The van der Waals surface area contributed by atoms with Crippen molar-refractivity contribution in [2.24, 2.45) is 0 Å². The quantitative estimate of drug-likeness (QED) is 0.260. The fraction of sp³-hybridized carbons (Fsp3) is 0.355. The van der Waals surface area contributed by atoms with Crippen LogP contribution in [0.25, 0.3) is 11.0 Å². The SMILES string of the molecule is N#Cc1ccc(COc2cccc(C3CCN(Cc4nc5ccc(S(=O)(=O)NC(=O)O)cc5n4C[C@@H]4CCO4)CC3)n2)c(F)c1. The Labute approximate surface area is 259 Å². The van der Waals surface area contributed by atoms with Crippen LogP contribution in [0.5, 0.6) is 5.88 Å². The number of pyridine rings is 1. The summed E-state index contributed by atoms with van der Waals surface area (Å²) in [4.78, 5) is 22.7. The Morgan fingerprint density at radius 1 is 1.13 bits per heavy atom. The highest BCUT2D eigenvalue weighted by molar-refractivity contribution is 7.90. The second kappa shape index (κ2) is 12.8. The number of sulfonamides is 1. The Morgan fingerprint density at radius 3 is 2.62 bits per heavy atom. The summed E-state index contributed by atoms with van der Waals surface area (Å²) in [6.45, 7) is 3.33. The predicted octanol–water partition coefficient (Wildman–Crippen LogP) is 4.15. The fourth-order valence-corrected chi connectivity index (χ4v) is 6.52. The summed E-state index contributed by atoms with van der Waals surface area (Å²) in [7, 11) is -4.24. The van der Waals surface area contributed by atoms with Crippen LogP contribution in [0.15, 0.2) is 59.5 Å². The zero-order valence-electron chi connectivity index (χ0n) is 24.2. The molecule has 2 aromatic heterocycles. The number of aromatic nitrogens is 3. The van der Waals surface area contributed by atoms with Crippen molar-refractivity contribution in [3.63, 3.8) is 0 Å². The molecule has 0 bridgehead atoms. The number of nitrogens with zero attached hydrogens (tertiary/aromatic N) is 5. The molecule has 0 unspecified atom stereocenters. The number of nitriles is 1. The van der Waals surface area contributed by atoms with Gasteiger partial charge in [-0.05, 0) is 68.8 Å². The summed E-state index contributed by atoms with van der Waals surface area (Å²) in [5, 5.41) is 17.9. The van der Waals surface area contributed by atoms with Gasteiger partial charge in [0.1, 0.15) is 18.2 Å². The maximum atomic E-state index is 14.3. The van der Waals surface area contributed by atoms with Gasteiger partial charge in [0.15, 0.2) is 0 Å². The predicted molar refractivity (Wildman–Crippen MR) is 159 cm³/mol. The van der Waals surface area contributed by atoms with Crippen LogP contribution in [0.3, 0.4) is 0 Å². The number of imidazole rings is 1. The zero-order chi connectivity index (χ0) is 31.6. The second-order valence-corrected chi connectivity index (χ2v) is 12.8. The lowest BCUT2D eigenvalue weighted by Gasteiger charge is -2.32. The summed E-state index contributed by atoms with van der Waals surface area (Å²) in [6, 6.07) is 16.2. The third-order valence-electron chi connectivity index (χ3n) is 8.18. The van der Waals surface area contributed by atoms with Gasteiger partial charge in [0.05, 0.1) is 46.8 Å². The van der Waals surface area contributed by atoms with E-state index in [-0.39, 0.29) is 29.1 Å². The first kappa shape index (κ1) is 30.4. The highest BCUT2D eigenvalue weighted by atomic mass is 32.2. The summed E-state index contributed by atoms with van der Waals surface area (Å²) >= 11 is 0. The Hall–Kier alpha value is -4.58. The van der Waals surface area contributed by atoms with Gasteiger partial charge in [-0.2, -0.15) is 5.26 Å². The molecular weight excluding hydrogens is 603 g/mol. The number of benzene rings is 2. The molecule has 0 spiro atoms. The van der Waals surface area contributed by atoms with Crippen molar-refractivity contribution in [2.45, 2.75) is 55.9 Å². The molecule has 2 N–H and O–H groups in total. The standard InChI is InChI=1S/C31H31FN6O6S/c32-25-14-20(16-33)4-5-22(25)19-44-30-3-1-2-26(35-30)21-8-11-37(12-9-21)18-29-34-27-7-6-24(45(41,42)36-31(39)40)15-28(27)38(29)17-23-10-13-43-23/h1-7,14-15,21,23,36H,8-13,17-19H2,(H,39,40)/t23-/m0/s1. The number of carboxylic acid groups (broad SMARTS) is 1. The topological polar surface area (TPSA) is 160 Å². The highest BCUT2D eigenvalue weighted by Crippen LogP contribution is 2.30. The zero-order valence-corrected chi connectivity index (χ0v) is 25.0. The molecular formula is C31H31FN6O6S. The number of carbonyl (C=O) groups is 1. The van der Waals surface area contributed by atoms with Crippen LogP contribution in [0.2, 0.25) is 0 Å². The first-order chi connectivity index (χ1) is 21.7. The van der Waals surface area contributed by atoms with Crippen molar-refractivity contribution >= 4 is 27.1 Å². The van der Waals surface area contributed by atoms with Gasteiger partial charge in [0, 0.05) is 29.8 Å². The molecule has 12 nitrogen and oxygen atoms in total. The van der Waals surface area contributed by atoms with Gasteiger partial charge in [-0.25, -0.2) is 32.3 Å². The highest BCUT2D eigenvalue weighted by Gasteiger charge is 2.27. The Balaban J connectivity index is 1.13. The smallest absolute Gasteiger partial charge is 0.418 e. The molecule has 4 heterocycles. The number of hydrogen-bond donors (Lipinski definition) is 2. The van der Waals surface area contributed by atoms with Crippen molar-refractivity contribution in [1.82, 2.24) is 24.2 Å². The van der Waals surface area contributed by atoms with Crippen molar-refractivity contribution in [3.8, 4) is 11.9 Å². The summed E-state index contributed by atoms with van der Waals surface area (Å²) in [5.74, 6) is 0.911. The van der Waals surface area contributed by atoms with Gasteiger partial charge in [-0.1, -0.05) is 12.1 Å². The lowest BCUT2D eigenvalue weighted by atomic mass is 9.93. The minimum Gasteiger partial charge on any atom is -0.473 e. The molecule has 234 valence electrons. The molecule has 14 heteroatoms. The van der Waals surface area contributed by atoms with E-state index in [9.17, 15) is 17.6 Å². The van der Waals surface area contributed by atoms with E-state index >= 15 is 0 Å². The Morgan fingerprint density at radius 2 is 1.93 bits per heavy atom. The first-order valence-corrected chi connectivity index (χ1v) is 16.0. The van der Waals surface area contributed by atoms with E-state index in [1.165, 1.54) is 18.2 Å². The van der Waals surface area contributed by atoms with Crippen LogP contribution < -0.4 is 9.46 Å². The minimum atomic E-state index is -4.24. The molecule has 2 fully saturated rings. The van der Waals surface area contributed by atoms with Gasteiger partial charge in [0.2, 0.25) is 5.88 Å². The van der Waals surface area contributed by atoms with Crippen LogP contribution >= 0.6 is 0 Å². The minimum absolute atomic E-state index is 0.00160. The van der Waals surface area contributed by atoms with E-state index in [2.05, 4.69) is 9.88 Å². The van der Waals surface area contributed by atoms with Crippen molar-refractivity contribution in [1.29, 1.82) is 5.26 Å². The van der Waals surface area contributed by atoms with Crippen LogP contribution in [0, 0.1) is 17.1 Å². The third-order valence-corrected chi connectivity index (χ3v) is 9.50. The van der Waals surface area contributed by atoms with Gasteiger partial charge >= 0.3 is 6.09 Å². The van der Waals surface area contributed by atoms with E-state index in [0.29, 0.717) is 42.2 Å². The molecule has 4 aromatic rings. The van der Waals surface area contributed by atoms with Crippen molar-refractivity contribution in [3.05, 3.63) is 83.1 Å². The Bertz CT molecular complexity index is 1880. The van der Waals surface area contributed by atoms with E-state index < -0.39 is 21.9 Å². The van der Waals surface area contributed by atoms with Crippen LogP contribution in [0.1, 0.15) is 47.8 Å². The number of nitrogens with one attached hydrogen (secondary N) is 1. The molecule has 2 aromatic carbocycles. The van der Waals surface area contributed by atoms with Crippen LogP contribution in [0.4, 0.5) is 9.18 Å². The number of amides is 1. The fourth-order valence-electron chi connectivity index (χ4n) is 5.66. The first-order valence-electron chi connectivity index (χ1n) is 14.6. The number of piperidine rings is 1. The summed E-state index contributed by atoms with van der Waals surface area (Å²) in [6.07, 6.45) is 0.953. The maximum Gasteiger partial charge on any atom is 0.418 e. The largest absolute Gasteiger partial charge is 0.473 e. The average molecular weight is 635 g/mol. The second-order valence-electron chi connectivity index (χ2n) is 11.1. The van der Waals surface area contributed by atoms with Gasteiger partial charge in [-0.3, -0.25) is 4.90 Å². The molecule has 0 aliphatic carbocycles. The van der Waals surface area contributed by atoms with Gasteiger partial charge in [-0.15, -0.1) is 0 Å². The van der Waals surface area contributed by atoms with Gasteiger partial charge in [0.25, 0.3) is 10.0 Å². The summed E-state index contributed by atoms with van der Waals surface area (Å²) < 4.78 is 54.3. The lowest BCUT2D eigenvalue weighted by Crippen LogP contribution is -2.35. The number of halogens is 1. The third kappa shape index (κ3) is 6.90. The molecule has 45 heavy (non-hydrogen) atoms. The molecule has 0 saturated carbocycles. The lowest BCUT2D eigenvalue weighted by molar-refractivity contribution is -0.0592. The van der Waals surface area contributed by atoms with Crippen LogP contribution in [-0.2, 0) is 34.5 Å². The van der Waals surface area contributed by atoms with E-state index in [0.717, 1.165) is 43.9 Å². The maximum absolute atomic E-state index is 14.3. The van der Waals surface area contributed by atoms with E-state index in [1.54, 1.807) is 29.0 Å². The molecule has 6 rings (SSSR count). The normalized spacial score (nSPS) is 17.5. The molecule has 0 radical (unpaired) electrons. The molecule has 1 atom stereocenters. The van der Waals surface area contributed by atoms with E-state index in [1.807, 2.05) is 22.8 Å². The van der Waals surface area contributed by atoms with Crippen LogP contribution in [-0.4, -0.2) is 64.9 Å². The molecule has 2 aliphatic heterocycles. The van der Waals surface area contributed by atoms with Crippen molar-refractivity contribution in [2.75, 3.05) is 19.7 Å². The van der Waals surface area contributed by atoms with E-state index in [4.69, 9.17) is 24.8 Å².